The quantitative estimate of drug-likeness (QED) is 0.0420. The maximum atomic E-state index is 12.5. The smallest absolute Gasteiger partial charge is 0.220 e. The topological polar surface area (TPSA) is 69.6 Å². The third-order valence-corrected chi connectivity index (χ3v) is 15.3. The average molecular weight is 1010 g/mol. The number of aliphatic hydroxyl groups excluding tert-OH is 2. The summed E-state index contributed by atoms with van der Waals surface area (Å²) < 4.78 is 0. The molecule has 0 radical (unpaired) electrons. The fraction of sp³-hybridized carbons (Fsp3) is 0.868. The molecule has 3 N–H and O–H groups in total. The molecule has 0 aliphatic carbocycles. The first-order valence-corrected chi connectivity index (χ1v) is 32.9. The molecule has 4 nitrogen and oxygen atoms in total. The number of rotatable bonds is 61. The lowest BCUT2D eigenvalue weighted by Crippen LogP contribution is -2.45. The number of allylic oxidation sites excluding steroid dienone is 7. The first-order valence-electron chi connectivity index (χ1n) is 32.9. The van der Waals surface area contributed by atoms with Crippen LogP contribution in [0, 0.1) is 0 Å². The Morgan fingerprint density at radius 2 is 0.583 bits per heavy atom. The summed E-state index contributed by atoms with van der Waals surface area (Å²) >= 11 is 0. The van der Waals surface area contributed by atoms with Crippen molar-refractivity contribution in [1.82, 2.24) is 5.32 Å². The van der Waals surface area contributed by atoms with E-state index in [1.807, 2.05) is 6.08 Å². The summed E-state index contributed by atoms with van der Waals surface area (Å²) in [6.45, 7) is 4.33. The lowest BCUT2D eigenvalue weighted by Gasteiger charge is -2.19. The molecule has 0 heterocycles. The number of hydrogen-bond donors (Lipinski definition) is 3. The van der Waals surface area contributed by atoms with E-state index in [2.05, 4.69) is 55.6 Å². The van der Waals surface area contributed by atoms with Gasteiger partial charge in [0.1, 0.15) is 0 Å². The van der Waals surface area contributed by atoms with E-state index < -0.39 is 12.1 Å². The molecule has 2 atom stereocenters. The van der Waals surface area contributed by atoms with Gasteiger partial charge in [-0.2, -0.15) is 0 Å². The molecule has 1 amide bonds. The zero-order valence-corrected chi connectivity index (χ0v) is 49.0. The first-order chi connectivity index (χ1) is 35.7. The fourth-order valence-corrected chi connectivity index (χ4v) is 10.3. The average Bonchev–Trinajstić information content (AvgIpc) is 3.39. The van der Waals surface area contributed by atoms with Crippen LogP contribution in [-0.2, 0) is 4.79 Å². The molecule has 0 aromatic carbocycles. The summed E-state index contributed by atoms with van der Waals surface area (Å²) in [5, 5.41) is 23.2. The Morgan fingerprint density at radius 3 is 0.889 bits per heavy atom. The molecule has 0 spiro atoms. The van der Waals surface area contributed by atoms with Gasteiger partial charge in [-0.25, -0.2) is 0 Å². The van der Waals surface area contributed by atoms with Crippen LogP contribution in [0.1, 0.15) is 361 Å². The van der Waals surface area contributed by atoms with Gasteiger partial charge in [0.15, 0.2) is 0 Å². The summed E-state index contributed by atoms with van der Waals surface area (Å²) in [4.78, 5) is 12.5. The minimum atomic E-state index is -0.863. The van der Waals surface area contributed by atoms with Crippen molar-refractivity contribution in [2.75, 3.05) is 6.61 Å². The maximum absolute atomic E-state index is 12.5. The number of hydrogen-bond acceptors (Lipinski definition) is 3. The minimum Gasteiger partial charge on any atom is -0.394 e. The Kier molecular flexibility index (Phi) is 62.2. The van der Waals surface area contributed by atoms with Gasteiger partial charge in [-0.05, 0) is 64.2 Å². The molecule has 2 unspecified atom stereocenters. The monoisotopic (exact) mass is 1010 g/mol. The van der Waals surface area contributed by atoms with Crippen molar-refractivity contribution in [2.45, 2.75) is 373 Å². The molecule has 424 valence electrons. The normalized spacial score (nSPS) is 13.0. The van der Waals surface area contributed by atoms with Crippen LogP contribution < -0.4 is 5.32 Å². The number of nitrogens with one attached hydrogen (secondary N) is 1. The molecule has 0 rings (SSSR count). The number of unbranched alkanes of at least 4 members (excludes halogenated alkanes) is 48. The Labute approximate surface area is 452 Å². The molecule has 0 saturated heterocycles. The highest BCUT2D eigenvalue weighted by Gasteiger charge is 2.18. The van der Waals surface area contributed by atoms with E-state index in [1.165, 1.54) is 302 Å². The summed E-state index contributed by atoms with van der Waals surface area (Å²) in [5.74, 6) is -0.0672. The minimum absolute atomic E-state index is 0.0672. The molecule has 0 aromatic rings. The second-order valence-electron chi connectivity index (χ2n) is 22.5. The SMILES string of the molecule is CCCCCCC/C=C\C/C=C\CCCCCCCCCCCCCCCCCCCCCCCC(=O)NC(CO)C(O)/C=C/CC/C=C/CCCCCCCCCCCCCCCCCCCCCCC. The van der Waals surface area contributed by atoms with Crippen molar-refractivity contribution >= 4 is 5.91 Å². The van der Waals surface area contributed by atoms with Crippen molar-refractivity contribution in [2.24, 2.45) is 0 Å². The predicted octanol–water partition coefficient (Wildman–Crippen LogP) is 22.2. The highest BCUT2D eigenvalue weighted by molar-refractivity contribution is 5.76. The van der Waals surface area contributed by atoms with Gasteiger partial charge in [-0.1, -0.05) is 339 Å². The Bertz CT molecular complexity index is 1140. The van der Waals surface area contributed by atoms with E-state index >= 15 is 0 Å². The van der Waals surface area contributed by atoms with Gasteiger partial charge in [0.05, 0.1) is 18.8 Å². The van der Waals surface area contributed by atoms with Crippen molar-refractivity contribution in [3.8, 4) is 0 Å². The summed E-state index contributed by atoms with van der Waals surface area (Å²) in [7, 11) is 0. The van der Waals surface area contributed by atoms with Crippen LogP contribution in [0.25, 0.3) is 0 Å². The molecule has 0 bridgehead atoms. The van der Waals surface area contributed by atoms with Crippen LogP contribution in [0.3, 0.4) is 0 Å². The van der Waals surface area contributed by atoms with Crippen LogP contribution in [0.5, 0.6) is 0 Å². The zero-order chi connectivity index (χ0) is 52.0. The number of carbonyl (C=O) groups is 1. The zero-order valence-electron chi connectivity index (χ0n) is 49.0. The second kappa shape index (κ2) is 63.6. The second-order valence-corrected chi connectivity index (χ2v) is 22.5. The van der Waals surface area contributed by atoms with E-state index in [-0.39, 0.29) is 12.5 Å². The van der Waals surface area contributed by atoms with E-state index in [4.69, 9.17) is 0 Å². The standard InChI is InChI=1S/C68H129NO3/c1-3-5-7-9-11-13-15-17-19-21-23-25-27-29-31-32-33-34-35-36-38-40-42-44-46-48-50-52-54-56-58-60-62-64-68(72)69-66(65-70)67(71)63-61-59-57-55-53-51-49-47-45-43-41-39-37-30-28-26-24-22-20-18-16-14-12-10-8-6-4-2/h15,17,21,23,53,55,61,63,66-67,70-71H,3-14,16,18-20,22,24-52,54,56-60,62,64-65H2,1-2H3,(H,69,72)/b17-15-,23-21-,55-53+,63-61+. The highest BCUT2D eigenvalue weighted by atomic mass is 16.3. The molecular weight excluding hydrogens is 879 g/mol. The Hall–Kier alpha value is -1.65. The van der Waals surface area contributed by atoms with Gasteiger partial charge in [0.2, 0.25) is 5.91 Å². The number of aliphatic hydroxyl groups is 2. The van der Waals surface area contributed by atoms with E-state index in [9.17, 15) is 15.0 Å². The van der Waals surface area contributed by atoms with Gasteiger partial charge in [0, 0.05) is 6.42 Å². The van der Waals surface area contributed by atoms with Crippen LogP contribution in [0.15, 0.2) is 48.6 Å². The Balaban J connectivity index is 3.46. The van der Waals surface area contributed by atoms with Crippen molar-refractivity contribution < 1.29 is 15.0 Å². The van der Waals surface area contributed by atoms with E-state index in [0.717, 1.165) is 38.5 Å². The highest BCUT2D eigenvalue weighted by Crippen LogP contribution is 2.18. The van der Waals surface area contributed by atoms with Crippen molar-refractivity contribution in [3.63, 3.8) is 0 Å². The molecule has 0 fully saturated rings. The predicted molar refractivity (Wildman–Crippen MR) is 322 cm³/mol. The largest absolute Gasteiger partial charge is 0.394 e. The van der Waals surface area contributed by atoms with Gasteiger partial charge < -0.3 is 15.5 Å². The van der Waals surface area contributed by atoms with E-state index in [0.29, 0.717) is 6.42 Å². The third-order valence-electron chi connectivity index (χ3n) is 15.3. The number of carbonyl (C=O) groups excluding carboxylic acids is 1. The molecule has 4 heteroatoms. The summed E-state index contributed by atoms with van der Waals surface area (Å²) in [6.07, 6.45) is 89.0. The summed E-state index contributed by atoms with van der Waals surface area (Å²) in [6, 6.07) is -0.640. The Morgan fingerprint density at radius 1 is 0.333 bits per heavy atom. The fourth-order valence-electron chi connectivity index (χ4n) is 10.3. The van der Waals surface area contributed by atoms with Gasteiger partial charge in [-0.15, -0.1) is 0 Å². The molecule has 0 saturated carbocycles. The molecule has 0 aliphatic rings. The molecular formula is C68H129NO3. The van der Waals surface area contributed by atoms with Crippen molar-refractivity contribution in [1.29, 1.82) is 0 Å². The molecule has 72 heavy (non-hydrogen) atoms. The summed E-state index contributed by atoms with van der Waals surface area (Å²) in [5.41, 5.74) is 0. The van der Waals surface area contributed by atoms with Crippen LogP contribution in [0.4, 0.5) is 0 Å². The van der Waals surface area contributed by atoms with E-state index in [1.54, 1.807) is 6.08 Å². The maximum Gasteiger partial charge on any atom is 0.220 e. The van der Waals surface area contributed by atoms with Crippen LogP contribution in [-0.4, -0.2) is 34.9 Å². The van der Waals surface area contributed by atoms with Gasteiger partial charge in [0.25, 0.3) is 0 Å². The van der Waals surface area contributed by atoms with Crippen LogP contribution >= 0.6 is 0 Å². The molecule has 0 aliphatic heterocycles. The third kappa shape index (κ3) is 59.2. The number of amides is 1. The van der Waals surface area contributed by atoms with Gasteiger partial charge in [-0.3, -0.25) is 4.79 Å². The van der Waals surface area contributed by atoms with Crippen LogP contribution in [0.2, 0.25) is 0 Å². The molecule has 0 aromatic heterocycles. The first kappa shape index (κ1) is 70.3. The van der Waals surface area contributed by atoms with Gasteiger partial charge >= 0.3 is 0 Å². The van der Waals surface area contributed by atoms with Crippen molar-refractivity contribution in [3.05, 3.63) is 48.6 Å². The lowest BCUT2D eigenvalue weighted by atomic mass is 10.0. The lowest BCUT2D eigenvalue weighted by molar-refractivity contribution is -0.123.